The van der Waals surface area contributed by atoms with Gasteiger partial charge in [-0.3, -0.25) is 0 Å². The lowest BCUT2D eigenvalue weighted by atomic mass is 10.2. The second-order valence-corrected chi connectivity index (χ2v) is 4.27. The van der Waals surface area contributed by atoms with Gasteiger partial charge in [0.25, 0.3) is 0 Å². The zero-order chi connectivity index (χ0) is 14.4. The van der Waals surface area contributed by atoms with Gasteiger partial charge in [-0.1, -0.05) is 5.21 Å². The van der Waals surface area contributed by atoms with Crippen molar-refractivity contribution in [2.45, 2.75) is 25.9 Å². The van der Waals surface area contributed by atoms with Gasteiger partial charge in [0.2, 0.25) is 0 Å². The van der Waals surface area contributed by atoms with Crippen LogP contribution in [0.25, 0.3) is 5.69 Å². The molecule has 0 radical (unpaired) electrons. The Bertz CT molecular complexity index is 527. The van der Waals surface area contributed by atoms with E-state index in [1.807, 2.05) is 6.20 Å². The summed E-state index contributed by atoms with van der Waals surface area (Å²) in [6.07, 6.45) is 4.56. The van der Waals surface area contributed by atoms with Crippen molar-refractivity contribution >= 4 is 0 Å². The van der Waals surface area contributed by atoms with Gasteiger partial charge in [-0.15, -0.1) is 5.10 Å². The lowest BCUT2D eigenvalue weighted by molar-refractivity contribution is -0.0498. The molecule has 0 aliphatic carbocycles. The molecule has 0 saturated carbocycles. The first-order chi connectivity index (χ1) is 9.69. The summed E-state index contributed by atoms with van der Waals surface area (Å²) in [4.78, 5) is 0. The molecule has 1 aromatic heterocycles. The molecule has 0 amide bonds. The van der Waals surface area contributed by atoms with Crippen molar-refractivity contribution in [1.82, 2.24) is 15.0 Å². The third-order valence-electron chi connectivity index (χ3n) is 2.75. The lowest BCUT2D eigenvalue weighted by Crippen LogP contribution is -2.02. The number of hydrogen-bond acceptors (Lipinski definition) is 4. The maximum atomic E-state index is 12.0. The molecule has 108 valence electrons. The van der Waals surface area contributed by atoms with Crippen LogP contribution in [-0.4, -0.2) is 28.2 Å². The zero-order valence-corrected chi connectivity index (χ0v) is 10.9. The standard InChI is InChI=1S/C13H16F2N4O/c14-13(15)20-12-6-4-11(5-7-12)19-9-10(17-18-19)3-1-2-8-16/h4-7,9,13H,1-3,8,16H2. The van der Waals surface area contributed by atoms with Crippen LogP contribution in [0.15, 0.2) is 30.5 Å². The first kappa shape index (κ1) is 14.4. The topological polar surface area (TPSA) is 66.0 Å². The molecule has 0 unspecified atom stereocenters. The number of halogens is 2. The number of ether oxygens (including phenoxy) is 1. The maximum Gasteiger partial charge on any atom is 0.387 e. The van der Waals surface area contributed by atoms with E-state index in [1.54, 1.807) is 16.8 Å². The van der Waals surface area contributed by atoms with Gasteiger partial charge >= 0.3 is 6.61 Å². The molecule has 2 N–H and O–H groups in total. The summed E-state index contributed by atoms with van der Waals surface area (Å²) in [5.41, 5.74) is 7.05. The highest BCUT2D eigenvalue weighted by molar-refractivity contribution is 5.36. The molecular formula is C13H16F2N4O. The number of unbranched alkanes of at least 4 members (excludes halogenated alkanes) is 1. The number of aromatic nitrogens is 3. The van der Waals surface area contributed by atoms with Crippen LogP contribution < -0.4 is 10.5 Å². The second-order valence-electron chi connectivity index (χ2n) is 4.27. The maximum absolute atomic E-state index is 12.0. The summed E-state index contributed by atoms with van der Waals surface area (Å²) in [5.74, 6) is 0.118. The van der Waals surface area contributed by atoms with E-state index in [2.05, 4.69) is 15.0 Å². The molecule has 2 aromatic rings. The van der Waals surface area contributed by atoms with E-state index in [0.717, 1.165) is 30.6 Å². The number of alkyl halides is 2. The monoisotopic (exact) mass is 282 g/mol. The molecule has 20 heavy (non-hydrogen) atoms. The van der Waals surface area contributed by atoms with Gasteiger partial charge in [-0.05, 0) is 50.1 Å². The van der Waals surface area contributed by atoms with Gasteiger partial charge in [-0.25, -0.2) is 4.68 Å². The van der Waals surface area contributed by atoms with Crippen molar-refractivity contribution in [3.8, 4) is 11.4 Å². The third-order valence-corrected chi connectivity index (χ3v) is 2.75. The number of hydrogen-bond donors (Lipinski definition) is 1. The minimum atomic E-state index is -2.82. The quantitative estimate of drug-likeness (QED) is 0.790. The van der Waals surface area contributed by atoms with Crippen molar-refractivity contribution in [3.63, 3.8) is 0 Å². The third kappa shape index (κ3) is 3.99. The van der Waals surface area contributed by atoms with Crippen LogP contribution in [0.4, 0.5) is 8.78 Å². The van der Waals surface area contributed by atoms with E-state index in [-0.39, 0.29) is 5.75 Å². The van der Waals surface area contributed by atoms with Gasteiger partial charge in [-0.2, -0.15) is 8.78 Å². The van der Waals surface area contributed by atoms with Crippen molar-refractivity contribution < 1.29 is 13.5 Å². The highest BCUT2D eigenvalue weighted by atomic mass is 19.3. The van der Waals surface area contributed by atoms with Gasteiger partial charge in [0, 0.05) is 0 Å². The van der Waals surface area contributed by atoms with Crippen LogP contribution in [0.2, 0.25) is 0 Å². The van der Waals surface area contributed by atoms with Crippen LogP contribution >= 0.6 is 0 Å². The molecule has 0 saturated heterocycles. The number of nitrogens with zero attached hydrogens (tertiary/aromatic N) is 3. The predicted molar refractivity (Wildman–Crippen MR) is 70.0 cm³/mol. The van der Waals surface area contributed by atoms with E-state index >= 15 is 0 Å². The number of nitrogens with two attached hydrogens (primary N) is 1. The van der Waals surface area contributed by atoms with Crippen LogP contribution in [-0.2, 0) is 6.42 Å². The van der Waals surface area contributed by atoms with Crippen molar-refractivity contribution in [2.75, 3.05) is 6.54 Å². The van der Waals surface area contributed by atoms with E-state index in [0.29, 0.717) is 6.54 Å². The minimum absolute atomic E-state index is 0.118. The molecule has 5 nitrogen and oxygen atoms in total. The average molecular weight is 282 g/mol. The molecule has 1 aromatic carbocycles. The Morgan fingerprint density at radius 3 is 2.60 bits per heavy atom. The summed E-state index contributed by atoms with van der Waals surface area (Å²) in [6.45, 7) is -2.15. The fourth-order valence-electron chi connectivity index (χ4n) is 1.77. The van der Waals surface area contributed by atoms with Crippen molar-refractivity contribution in [1.29, 1.82) is 0 Å². The number of aryl methyl sites for hydroxylation is 1. The number of benzene rings is 1. The molecule has 0 spiro atoms. The first-order valence-electron chi connectivity index (χ1n) is 6.35. The Balaban J connectivity index is 2.00. The Morgan fingerprint density at radius 2 is 1.95 bits per heavy atom. The van der Waals surface area contributed by atoms with Crippen molar-refractivity contribution in [2.24, 2.45) is 5.73 Å². The molecule has 0 aliphatic heterocycles. The average Bonchev–Trinajstić information content (AvgIpc) is 2.88. The highest BCUT2D eigenvalue weighted by Crippen LogP contribution is 2.17. The molecule has 0 aliphatic rings. The first-order valence-corrected chi connectivity index (χ1v) is 6.35. The second kappa shape index (κ2) is 6.95. The zero-order valence-electron chi connectivity index (χ0n) is 10.9. The molecular weight excluding hydrogens is 266 g/mol. The Kier molecular flexibility index (Phi) is 5.00. The molecule has 2 rings (SSSR count). The Hall–Kier alpha value is -2.02. The van der Waals surface area contributed by atoms with E-state index in [9.17, 15) is 8.78 Å². The van der Waals surface area contributed by atoms with Gasteiger partial charge in [0.1, 0.15) is 5.75 Å². The largest absolute Gasteiger partial charge is 0.435 e. The molecule has 7 heteroatoms. The van der Waals surface area contributed by atoms with Crippen LogP contribution in [0.1, 0.15) is 18.5 Å². The van der Waals surface area contributed by atoms with E-state index in [4.69, 9.17) is 5.73 Å². The summed E-state index contributed by atoms with van der Waals surface area (Å²) < 4.78 is 30.0. The minimum Gasteiger partial charge on any atom is -0.435 e. The highest BCUT2D eigenvalue weighted by Gasteiger charge is 2.06. The fourth-order valence-corrected chi connectivity index (χ4v) is 1.77. The summed E-state index contributed by atoms with van der Waals surface area (Å²) in [5, 5.41) is 8.06. The summed E-state index contributed by atoms with van der Waals surface area (Å²) >= 11 is 0. The van der Waals surface area contributed by atoms with Crippen molar-refractivity contribution in [3.05, 3.63) is 36.2 Å². The lowest BCUT2D eigenvalue weighted by Gasteiger charge is -2.05. The van der Waals surface area contributed by atoms with Gasteiger partial charge in [0.15, 0.2) is 0 Å². The molecule has 0 fully saturated rings. The summed E-state index contributed by atoms with van der Waals surface area (Å²) in [7, 11) is 0. The molecule has 0 atom stereocenters. The van der Waals surface area contributed by atoms with Crippen LogP contribution in [0.3, 0.4) is 0 Å². The van der Waals surface area contributed by atoms with Crippen LogP contribution in [0.5, 0.6) is 5.75 Å². The fraction of sp³-hybridized carbons (Fsp3) is 0.385. The van der Waals surface area contributed by atoms with E-state index < -0.39 is 6.61 Å². The predicted octanol–water partition coefficient (Wildman–Crippen LogP) is 2.15. The Labute approximate surface area is 115 Å². The Morgan fingerprint density at radius 1 is 1.20 bits per heavy atom. The molecule has 0 bridgehead atoms. The normalized spacial score (nSPS) is 11.0. The van der Waals surface area contributed by atoms with Gasteiger partial charge < -0.3 is 10.5 Å². The van der Waals surface area contributed by atoms with Crippen LogP contribution in [0, 0.1) is 0 Å². The summed E-state index contributed by atoms with van der Waals surface area (Å²) in [6, 6.07) is 6.24. The molecule has 1 heterocycles. The van der Waals surface area contributed by atoms with Gasteiger partial charge in [0.05, 0.1) is 17.6 Å². The SMILES string of the molecule is NCCCCc1cn(-c2ccc(OC(F)F)cc2)nn1. The smallest absolute Gasteiger partial charge is 0.387 e. The number of rotatable bonds is 7. The van der Waals surface area contributed by atoms with E-state index in [1.165, 1.54) is 12.1 Å².